The summed E-state index contributed by atoms with van der Waals surface area (Å²) in [6.07, 6.45) is 0.381. The molecule has 0 saturated heterocycles. The van der Waals surface area contributed by atoms with E-state index in [0.29, 0.717) is 32.7 Å². The molecule has 108 valence electrons. The maximum Gasteiger partial charge on any atom is 0.224 e. The zero-order valence-corrected chi connectivity index (χ0v) is 11.9. The molecule has 1 heterocycles. The van der Waals surface area contributed by atoms with Crippen LogP contribution in [0.1, 0.15) is 17.8 Å². The van der Waals surface area contributed by atoms with Crippen LogP contribution in [0.15, 0.2) is 6.07 Å². The lowest BCUT2D eigenvalue weighted by Crippen LogP contribution is -2.36. The Morgan fingerprint density at radius 2 is 2.21 bits per heavy atom. The summed E-state index contributed by atoms with van der Waals surface area (Å²) in [6.45, 7) is 5.77. The summed E-state index contributed by atoms with van der Waals surface area (Å²) in [6, 6.07) is 1.99. The van der Waals surface area contributed by atoms with Gasteiger partial charge in [0.15, 0.2) is 0 Å². The van der Waals surface area contributed by atoms with Gasteiger partial charge in [-0.05, 0) is 19.9 Å². The van der Waals surface area contributed by atoms with Crippen molar-refractivity contribution in [3.63, 3.8) is 0 Å². The van der Waals surface area contributed by atoms with Crippen molar-refractivity contribution in [2.24, 2.45) is 0 Å². The summed E-state index contributed by atoms with van der Waals surface area (Å²) in [5.74, 6) is 0.0126. The molecule has 0 aliphatic rings. The molecule has 0 aromatic carbocycles. The van der Waals surface area contributed by atoms with Crippen LogP contribution in [-0.4, -0.2) is 59.1 Å². The number of aromatic nitrogens is 2. The number of ether oxygens (including phenoxy) is 1. The molecule has 0 fully saturated rings. The molecule has 0 aliphatic carbocycles. The SMILES string of the molecule is COCCN(CCO)C(=O)CCn1nc(C)cc1C. The fourth-order valence-corrected chi connectivity index (χ4v) is 1.94. The minimum Gasteiger partial charge on any atom is -0.395 e. The molecule has 19 heavy (non-hydrogen) atoms. The molecule has 6 nitrogen and oxygen atoms in total. The Hall–Kier alpha value is -1.40. The highest BCUT2D eigenvalue weighted by atomic mass is 16.5. The van der Waals surface area contributed by atoms with Gasteiger partial charge in [0.25, 0.3) is 0 Å². The van der Waals surface area contributed by atoms with Crippen LogP contribution in [0.5, 0.6) is 0 Å². The smallest absolute Gasteiger partial charge is 0.224 e. The van der Waals surface area contributed by atoms with Crippen molar-refractivity contribution >= 4 is 5.91 Å². The van der Waals surface area contributed by atoms with Crippen molar-refractivity contribution in [3.05, 3.63) is 17.5 Å². The van der Waals surface area contributed by atoms with Crippen molar-refractivity contribution in [1.82, 2.24) is 14.7 Å². The van der Waals surface area contributed by atoms with Crippen molar-refractivity contribution in [2.45, 2.75) is 26.8 Å². The molecule has 1 aromatic rings. The molecule has 0 saturated carbocycles. The standard InChI is InChI=1S/C13H23N3O3/c1-11-10-12(2)16(14-11)5-4-13(18)15(6-8-17)7-9-19-3/h10,17H,4-9H2,1-3H3. The zero-order chi connectivity index (χ0) is 14.3. The molecule has 1 N–H and O–H groups in total. The second kappa shape index (κ2) is 7.91. The van der Waals surface area contributed by atoms with E-state index in [4.69, 9.17) is 9.84 Å². The van der Waals surface area contributed by atoms with Crippen molar-refractivity contribution in [1.29, 1.82) is 0 Å². The van der Waals surface area contributed by atoms with Gasteiger partial charge in [-0.2, -0.15) is 5.10 Å². The summed E-state index contributed by atoms with van der Waals surface area (Å²) in [5.41, 5.74) is 2.01. The predicted molar refractivity (Wildman–Crippen MR) is 71.9 cm³/mol. The fraction of sp³-hybridized carbons (Fsp3) is 0.692. The molecule has 1 amide bonds. The van der Waals surface area contributed by atoms with Gasteiger partial charge in [0.05, 0.1) is 18.9 Å². The maximum absolute atomic E-state index is 12.0. The fourth-order valence-electron chi connectivity index (χ4n) is 1.94. The Morgan fingerprint density at radius 3 is 2.74 bits per heavy atom. The molecule has 0 radical (unpaired) electrons. The van der Waals surface area contributed by atoms with Gasteiger partial charge in [0.2, 0.25) is 5.91 Å². The Bertz CT molecular complexity index is 404. The van der Waals surface area contributed by atoms with Crippen molar-refractivity contribution in [2.75, 3.05) is 33.4 Å². The lowest BCUT2D eigenvalue weighted by Gasteiger charge is -2.21. The van der Waals surface area contributed by atoms with Crippen LogP contribution in [0.2, 0.25) is 0 Å². The summed E-state index contributed by atoms with van der Waals surface area (Å²) in [7, 11) is 1.59. The van der Waals surface area contributed by atoms with Gasteiger partial charge in [-0.3, -0.25) is 9.48 Å². The molecule has 1 rings (SSSR count). The largest absolute Gasteiger partial charge is 0.395 e. The van der Waals surface area contributed by atoms with Gasteiger partial charge in [-0.15, -0.1) is 0 Å². The molecule has 0 spiro atoms. The van der Waals surface area contributed by atoms with Crippen LogP contribution < -0.4 is 0 Å². The summed E-state index contributed by atoms with van der Waals surface area (Å²) in [5, 5.41) is 13.3. The molecule has 0 unspecified atom stereocenters. The number of aryl methyl sites for hydroxylation is 3. The van der Waals surface area contributed by atoms with E-state index in [0.717, 1.165) is 11.4 Å². The first kappa shape index (κ1) is 15.7. The predicted octanol–water partition coefficient (Wildman–Crippen LogP) is 0.357. The van der Waals surface area contributed by atoms with Gasteiger partial charge in [-0.25, -0.2) is 0 Å². The molecular formula is C13H23N3O3. The zero-order valence-electron chi connectivity index (χ0n) is 11.9. The van der Waals surface area contributed by atoms with Crippen molar-refractivity contribution < 1.29 is 14.6 Å². The Labute approximate surface area is 114 Å². The Kier molecular flexibility index (Phi) is 6.52. The van der Waals surface area contributed by atoms with Crippen LogP contribution in [0, 0.1) is 13.8 Å². The lowest BCUT2D eigenvalue weighted by molar-refractivity contribution is -0.132. The van der Waals surface area contributed by atoms with Crippen molar-refractivity contribution in [3.8, 4) is 0 Å². The molecule has 0 aliphatic heterocycles. The van der Waals surface area contributed by atoms with Gasteiger partial charge in [0.1, 0.15) is 0 Å². The number of carbonyl (C=O) groups excluding carboxylic acids is 1. The Balaban J connectivity index is 2.49. The number of aliphatic hydroxyl groups excluding tert-OH is 1. The third-order valence-corrected chi connectivity index (χ3v) is 2.93. The first-order valence-electron chi connectivity index (χ1n) is 6.47. The summed E-state index contributed by atoms with van der Waals surface area (Å²) in [4.78, 5) is 13.7. The Morgan fingerprint density at radius 1 is 1.47 bits per heavy atom. The van der Waals surface area contributed by atoms with Gasteiger partial charge in [0, 0.05) is 38.9 Å². The number of methoxy groups -OCH3 is 1. The topological polar surface area (TPSA) is 67.6 Å². The lowest BCUT2D eigenvalue weighted by atomic mass is 10.3. The minimum absolute atomic E-state index is 0.0126. The number of nitrogens with zero attached hydrogens (tertiary/aromatic N) is 3. The minimum atomic E-state index is -0.0324. The number of amides is 1. The third-order valence-electron chi connectivity index (χ3n) is 2.93. The number of hydrogen-bond donors (Lipinski definition) is 1. The number of hydrogen-bond acceptors (Lipinski definition) is 4. The van der Waals surface area contributed by atoms with E-state index in [9.17, 15) is 4.79 Å². The normalized spacial score (nSPS) is 10.7. The number of rotatable bonds is 8. The van der Waals surface area contributed by atoms with Crippen LogP contribution >= 0.6 is 0 Å². The van der Waals surface area contributed by atoms with Gasteiger partial charge >= 0.3 is 0 Å². The van der Waals surface area contributed by atoms with Crippen LogP contribution in [0.3, 0.4) is 0 Å². The van der Waals surface area contributed by atoms with Gasteiger partial charge < -0.3 is 14.7 Å². The third kappa shape index (κ3) is 5.00. The second-order valence-corrected chi connectivity index (χ2v) is 4.50. The monoisotopic (exact) mass is 269 g/mol. The second-order valence-electron chi connectivity index (χ2n) is 4.50. The van der Waals surface area contributed by atoms with E-state index < -0.39 is 0 Å². The number of aliphatic hydroxyl groups is 1. The quantitative estimate of drug-likeness (QED) is 0.740. The first-order valence-corrected chi connectivity index (χ1v) is 6.47. The van der Waals surface area contributed by atoms with Crippen LogP contribution in [0.25, 0.3) is 0 Å². The average molecular weight is 269 g/mol. The van der Waals surface area contributed by atoms with Crippen LogP contribution in [-0.2, 0) is 16.1 Å². The van der Waals surface area contributed by atoms with E-state index in [1.165, 1.54) is 0 Å². The molecule has 6 heteroatoms. The highest BCUT2D eigenvalue weighted by molar-refractivity contribution is 5.76. The maximum atomic E-state index is 12.0. The summed E-state index contributed by atoms with van der Waals surface area (Å²) < 4.78 is 6.79. The summed E-state index contributed by atoms with van der Waals surface area (Å²) >= 11 is 0. The molecule has 0 bridgehead atoms. The van der Waals surface area contributed by atoms with E-state index in [2.05, 4.69) is 5.10 Å². The van der Waals surface area contributed by atoms with E-state index >= 15 is 0 Å². The first-order chi connectivity index (χ1) is 9.08. The number of carbonyl (C=O) groups is 1. The average Bonchev–Trinajstić information content (AvgIpc) is 2.70. The van der Waals surface area contributed by atoms with E-state index in [1.807, 2.05) is 24.6 Å². The van der Waals surface area contributed by atoms with E-state index in [1.54, 1.807) is 12.0 Å². The highest BCUT2D eigenvalue weighted by Crippen LogP contribution is 2.04. The van der Waals surface area contributed by atoms with E-state index in [-0.39, 0.29) is 12.5 Å². The van der Waals surface area contributed by atoms with Gasteiger partial charge in [-0.1, -0.05) is 0 Å². The molecule has 1 aromatic heterocycles. The highest BCUT2D eigenvalue weighted by Gasteiger charge is 2.13. The van der Waals surface area contributed by atoms with Crippen LogP contribution in [0.4, 0.5) is 0 Å². The molecular weight excluding hydrogens is 246 g/mol. The molecule has 0 atom stereocenters.